The van der Waals surface area contributed by atoms with Crippen molar-refractivity contribution in [2.75, 3.05) is 38.7 Å². The van der Waals surface area contributed by atoms with E-state index in [0.29, 0.717) is 18.8 Å². The molecule has 0 bridgehead atoms. The van der Waals surface area contributed by atoms with Crippen molar-refractivity contribution >= 4 is 11.8 Å². The normalized spacial score (nSPS) is 27.4. The molecule has 0 amide bonds. The number of rotatable bonds is 6. The van der Waals surface area contributed by atoms with Crippen LogP contribution in [0.1, 0.15) is 12.8 Å². The van der Waals surface area contributed by atoms with Crippen molar-refractivity contribution in [1.29, 1.82) is 0 Å². The van der Waals surface area contributed by atoms with Gasteiger partial charge in [-0.3, -0.25) is 0 Å². The summed E-state index contributed by atoms with van der Waals surface area (Å²) in [5.41, 5.74) is 5.57. The third-order valence-electron chi connectivity index (χ3n) is 2.65. The lowest BCUT2D eigenvalue weighted by Crippen LogP contribution is -2.31. The summed E-state index contributed by atoms with van der Waals surface area (Å²) >= 11 is 1.89. The van der Waals surface area contributed by atoms with Crippen molar-refractivity contribution in [2.24, 2.45) is 5.73 Å². The van der Waals surface area contributed by atoms with Crippen LogP contribution in [0, 0.1) is 0 Å². The highest BCUT2D eigenvalue weighted by Crippen LogP contribution is 2.19. The van der Waals surface area contributed by atoms with E-state index in [1.54, 1.807) is 0 Å². The minimum atomic E-state index is 0.314. The molecule has 1 heterocycles. The van der Waals surface area contributed by atoms with Gasteiger partial charge in [-0.15, -0.1) is 0 Å². The molecule has 0 aliphatic carbocycles. The van der Waals surface area contributed by atoms with E-state index in [1.807, 2.05) is 11.8 Å². The van der Waals surface area contributed by atoms with Crippen molar-refractivity contribution < 1.29 is 4.74 Å². The molecule has 3 nitrogen and oxygen atoms in total. The van der Waals surface area contributed by atoms with Gasteiger partial charge in [0, 0.05) is 25.4 Å². The van der Waals surface area contributed by atoms with E-state index in [4.69, 9.17) is 10.5 Å². The van der Waals surface area contributed by atoms with Crippen molar-refractivity contribution in [3.05, 3.63) is 0 Å². The third kappa shape index (κ3) is 4.17. The van der Waals surface area contributed by atoms with E-state index in [9.17, 15) is 0 Å². The van der Waals surface area contributed by atoms with Crippen molar-refractivity contribution in [2.45, 2.75) is 25.0 Å². The molecule has 1 aliphatic rings. The maximum atomic E-state index is 5.79. The Bertz CT molecular complexity index is 157. The average Bonchev–Trinajstić information content (AvgIpc) is 2.62. The zero-order valence-electron chi connectivity index (χ0n) is 9.24. The molecular formula is C10H22N2OS. The Morgan fingerprint density at radius 3 is 2.71 bits per heavy atom. The molecule has 0 radical (unpaired) electrons. The number of nitrogens with zero attached hydrogens (tertiary/aromatic N) is 1. The first kappa shape index (κ1) is 12.3. The quantitative estimate of drug-likeness (QED) is 0.715. The minimum absolute atomic E-state index is 0.314. The van der Waals surface area contributed by atoms with Crippen molar-refractivity contribution in [1.82, 2.24) is 4.90 Å². The smallest absolute Gasteiger partial charge is 0.0707 e. The van der Waals surface area contributed by atoms with Gasteiger partial charge in [0.1, 0.15) is 0 Å². The molecule has 2 N–H and O–H groups in total. The number of hydrogen-bond acceptors (Lipinski definition) is 4. The Morgan fingerprint density at radius 1 is 1.43 bits per heavy atom. The molecule has 1 rings (SSSR count). The van der Waals surface area contributed by atoms with Gasteiger partial charge in [0.25, 0.3) is 0 Å². The maximum Gasteiger partial charge on any atom is 0.0707 e. The predicted octanol–water partition coefficient (Wildman–Crippen LogP) is 0.788. The second-order valence-electron chi connectivity index (χ2n) is 3.95. The molecule has 1 fully saturated rings. The fourth-order valence-corrected chi connectivity index (χ4v) is 2.27. The second kappa shape index (κ2) is 6.67. The third-order valence-corrected chi connectivity index (χ3v) is 3.24. The number of nitrogens with two attached hydrogens (primary N) is 1. The summed E-state index contributed by atoms with van der Waals surface area (Å²) in [6, 6.07) is 0. The van der Waals surface area contributed by atoms with E-state index >= 15 is 0 Å². The highest BCUT2D eigenvalue weighted by Gasteiger charge is 2.24. The van der Waals surface area contributed by atoms with Crippen LogP contribution < -0.4 is 5.73 Å². The van der Waals surface area contributed by atoms with Crippen LogP contribution in [0.2, 0.25) is 0 Å². The second-order valence-corrected chi connectivity index (χ2v) is 4.93. The Hall–Kier alpha value is 0.230. The monoisotopic (exact) mass is 218 g/mol. The molecule has 1 saturated heterocycles. The zero-order valence-corrected chi connectivity index (χ0v) is 10.1. The average molecular weight is 218 g/mol. The van der Waals surface area contributed by atoms with Gasteiger partial charge in [-0.25, -0.2) is 0 Å². The number of hydrogen-bond donors (Lipinski definition) is 1. The van der Waals surface area contributed by atoms with Crippen LogP contribution >= 0.6 is 11.8 Å². The summed E-state index contributed by atoms with van der Waals surface area (Å²) in [4.78, 5) is 2.35. The summed E-state index contributed by atoms with van der Waals surface area (Å²) in [5.74, 6) is 1.20. The molecule has 0 aromatic carbocycles. The first-order chi connectivity index (χ1) is 6.76. The van der Waals surface area contributed by atoms with Crippen LogP contribution in [0.4, 0.5) is 0 Å². The molecule has 1 aliphatic heterocycles. The van der Waals surface area contributed by atoms with Crippen LogP contribution in [0.25, 0.3) is 0 Å². The molecule has 4 heteroatoms. The fourth-order valence-electron chi connectivity index (χ4n) is 1.77. The van der Waals surface area contributed by atoms with E-state index in [-0.39, 0.29) is 0 Å². The van der Waals surface area contributed by atoms with Gasteiger partial charge in [-0.05, 0) is 26.1 Å². The Kier molecular flexibility index (Phi) is 5.86. The highest BCUT2D eigenvalue weighted by atomic mass is 32.2. The molecule has 2 unspecified atom stereocenters. The topological polar surface area (TPSA) is 38.5 Å². The first-order valence-electron chi connectivity index (χ1n) is 5.29. The summed E-state index contributed by atoms with van der Waals surface area (Å²) < 4.78 is 5.79. The lowest BCUT2D eigenvalue weighted by atomic mass is 10.2. The van der Waals surface area contributed by atoms with E-state index in [1.165, 1.54) is 12.2 Å². The standard InChI is InChI=1S/C10H22N2OS/c1-12(5-6-14-2)8-10-4-3-9(7-11)13-10/h9-10H,3-8,11H2,1-2H3. The number of ether oxygens (including phenoxy) is 1. The number of likely N-dealkylation sites (N-methyl/N-ethyl adjacent to an activating group) is 1. The Balaban J connectivity index is 2.12. The van der Waals surface area contributed by atoms with Gasteiger partial charge >= 0.3 is 0 Å². The van der Waals surface area contributed by atoms with Crippen LogP contribution in [-0.4, -0.2) is 55.8 Å². The molecule has 84 valence electrons. The SMILES string of the molecule is CSCCN(C)CC1CCC(CN)O1. The Labute approximate surface area is 91.4 Å². The van der Waals surface area contributed by atoms with E-state index in [2.05, 4.69) is 18.2 Å². The van der Waals surface area contributed by atoms with Crippen LogP contribution in [0.5, 0.6) is 0 Å². The summed E-state index contributed by atoms with van der Waals surface area (Å²) in [6.07, 6.45) is 5.18. The minimum Gasteiger partial charge on any atom is -0.372 e. The first-order valence-corrected chi connectivity index (χ1v) is 6.68. The van der Waals surface area contributed by atoms with Gasteiger partial charge in [0.2, 0.25) is 0 Å². The molecule has 2 atom stereocenters. The molecule has 14 heavy (non-hydrogen) atoms. The lowest BCUT2D eigenvalue weighted by Gasteiger charge is -2.20. The summed E-state index contributed by atoms with van der Waals surface area (Å²) in [6.45, 7) is 2.87. The van der Waals surface area contributed by atoms with Crippen molar-refractivity contribution in [3.63, 3.8) is 0 Å². The Morgan fingerprint density at radius 2 is 2.14 bits per heavy atom. The number of thioether (sulfide) groups is 1. The van der Waals surface area contributed by atoms with Gasteiger partial charge < -0.3 is 15.4 Å². The molecular weight excluding hydrogens is 196 g/mol. The summed E-state index contributed by atoms with van der Waals surface area (Å²) in [7, 11) is 2.16. The fraction of sp³-hybridized carbons (Fsp3) is 1.00. The van der Waals surface area contributed by atoms with Gasteiger partial charge in [0.05, 0.1) is 12.2 Å². The molecule has 0 saturated carbocycles. The molecule has 0 aromatic rings. The van der Waals surface area contributed by atoms with Crippen LogP contribution in [-0.2, 0) is 4.74 Å². The lowest BCUT2D eigenvalue weighted by molar-refractivity contribution is 0.0329. The molecule has 0 aromatic heterocycles. The van der Waals surface area contributed by atoms with E-state index in [0.717, 1.165) is 19.5 Å². The van der Waals surface area contributed by atoms with Crippen LogP contribution in [0.3, 0.4) is 0 Å². The zero-order chi connectivity index (χ0) is 10.4. The van der Waals surface area contributed by atoms with Crippen molar-refractivity contribution in [3.8, 4) is 0 Å². The van der Waals surface area contributed by atoms with Crippen LogP contribution in [0.15, 0.2) is 0 Å². The predicted molar refractivity (Wildman–Crippen MR) is 62.8 cm³/mol. The maximum absolute atomic E-state index is 5.79. The van der Waals surface area contributed by atoms with Gasteiger partial charge in [-0.2, -0.15) is 11.8 Å². The highest BCUT2D eigenvalue weighted by molar-refractivity contribution is 7.98. The molecule has 0 spiro atoms. The largest absolute Gasteiger partial charge is 0.372 e. The van der Waals surface area contributed by atoms with Gasteiger partial charge in [-0.1, -0.05) is 0 Å². The van der Waals surface area contributed by atoms with Gasteiger partial charge in [0.15, 0.2) is 0 Å². The summed E-state index contributed by atoms with van der Waals surface area (Å²) in [5, 5.41) is 0. The van der Waals surface area contributed by atoms with E-state index < -0.39 is 0 Å².